The number of rotatable bonds is 5. The number of benzene rings is 1. The van der Waals surface area contributed by atoms with Crippen molar-refractivity contribution in [1.82, 2.24) is 15.5 Å². The van der Waals surface area contributed by atoms with Crippen LogP contribution in [0.15, 0.2) is 24.3 Å². The van der Waals surface area contributed by atoms with Gasteiger partial charge in [0.25, 0.3) is 5.91 Å². The summed E-state index contributed by atoms with van der Waals surface area (Å²) < 4.78 is 12.9. The van der Waals surface area contributed by atoms with E-state index in [1.54, 1.807) is 19.1 Å². The standard InChI is InChI=1S/C18H22FN3O3/c1-12(13-4-6-14(19)7-5-13)20-15(23)8-11-22-16(24)18(21-17(22)25)9-2-3-10-18/h4-7,12H,2-3,8-11H2,1H3,(H,20,23)(H,21,25)/t12-/m0/s1. The zero-order chi connectivity index (χ0) is 18.0. The van der Waals surface area contributed by atoms with Gasteiger partial charge in [-0.3, -0.25) is 14.5 Å². The second-order valence-electron chi connectivity index (χ2n) is 6.77. The second kappa shape index (κ2) is 6.82. The van der Waals surface area contributed by atoms with Gasteiger partial charge in [0.1, 0.15) is 11.4 Å². The summed E-state index contributed by atoms with van der Waals surface area (Å²) in [6, 6.07) is 5.21. The molecule has 1 aromatic rings. The van der Waals surface area contributed by atoms with Gasteiger partial charge < -0.3 is 10.6 Å². The van der Waals surface area contributed by atoms with Crippen molar-refractivity contribution in [1.29, 1.82) is 0 Å². The molecule has 0 bridgehead atoms. The third kappa shape index (κ3) is 3.50. The van der Waals surface area contributed by atoms with E-state index in [1.807, 2.05) is 0 Å². The second-order valence-corrected chi connectivity index (χ2v) is 6.77. The van der Waals surface area contributed by atoms with Gasteiger partial charge in [-0.2, -0.15) is 0 Å². The van der Waals surface area contributed by atoms with Crippen molar-refractivity contribution in [2.75, 3.05) is 6.54 Å². The minimum Gasteiger partial charge on any atom is -0.350 e. The molecule has 4 amide bonds. The first-order valence-corrected chi connectivity index (χ1v) is 8.60. The fourth-order valence-electron chi connectivity index (χ4n) is 3.56. The van der Waals surface area contributed by atoms with E-state index in [1.165, 1.54) is 12.1 Å². The molecule has 1 atom stereocenters. The number of carbonyl (C=O) groups is 3. The summed E-state index contributed by atoms with van der Waals surface area (Å²) >= 11 is 0. The average molecular weight is 347 g/mol. The summed E-state index contributed by atoms with van der Waals surface area (Å²) in [6.45, 7) is 1.86. The number of nitrogens with one attached hydrogen (secondary N) is 2. The molecule has 1 aliphatic carbocycles. The van der Waals surface area contributed by atoms with Crippen molar-refractivity contribution in [2.45, 2.75) is 50.6 Å². The zero-order valence-electron chi connectivity index (χ0n) is 14.2. The number of urea groups is 1. The highest BCUT2D eigenvalue weighted by atomic mass is 19.1. The van der Waals surface area contributed by atoms with E-state index in [0.29, 0.717) is 12.8 Å². The molecule has 0 unspecified atom stereocenters. The summed E-state index contributed by atoms with van der Waals surface area (Å²) in [6.07, 6.45) is 3.23. The Morgan fingerprint density at radius 3 is 2.56 bits per heavy atom. The monoisotopic (exact) mass is 347 g/mol. The quantitative estimate of drug-likeness (QED) is 0.802. The Kier molecular flexibility index (Phi) is 4.74. The van der Waals surface area contributed by atoms with Crippen LogP contribution in [0, 0.1) is 5.82 Å². The molecule has 1 spiro atoms. The molecule has 0 aromatic heterocycles. The molecule has 134 valence electrons. The van der Waals surface area contributed by atoms with Crippen LogP contribution in [0.2, 0.25) is 0 Å². The maximum absolute atomic E-state index is 12.9. The lowest BCUT2D eigenvalue weighted by molar-refractivity contribution is -0.131. The van der Waals surface area contributed by atoms with Crippen molar-refractivity contribution in [2.24, 2.45) is 0 Å². The van der Waals surface area contributed by atoms with Crippen LogP contribution >= 0.6 is 0 Å². The molecule has 1 saturated heterocycles. The number of halogens is 1. The average Bonchev–Trinajstić information content (AvgIpc) is 3.13. The first-order chi connectivity index (χ1) is 11.9. The molecular formula is C18H22FN3O3. The highest BCUT2D eigenvalue weighted by Gasteiger charge is 2.52. The molecule has 25 heavy (non-hydrogen) atoms. The third-order valence-corrected chi connectivity index (χ3v) is 5.01. The number of imide groups is 1. The van der Waals surface area contributed by atoms with E-state index in [9.17, 15) is 18.8 Å². The van der Waals surface area contributed by atoms with Crippen LogP contribution in [-0.4, -0.2) is 34.8 Å². The van der Waals surface area contributed by atoms with E-state index < -0.39 is 11.6 Å². The van der Waals surface area contributed by atoms with Gasteiger partial charge in [-0.05, 0) is 37.5 Å². The third-order valence-electron chi connectivity index (χ3n) is 5.01. The van der Waals surface area contributed by atoms with Gasteiger partial charge in [-0.15, -0.1) is 0 Å². The van der Waals surface area contributed by atoms with E-state index in [2.05, 4.69) is 10.6 Å². The van der Waals surface area contributed by atoms with Gasteiger partial charge in [0, 0.05) is 13.0 Å². The van der Waals surface area contributed by atoms with Crippen LogP contribution in [0.25, 0.3) is 0 Å². The van der Waals surface area contributed by atoms with Gasteiger partial charge in [-0.25, -0.2) is 9.18 Å². The topological polar surface area (TPSA) is 78.5 Å². The zero-order valence-corrected chi connectivity index (χ0v) is 14.2. The lowest BCUT2D eigenvalue weighted by atomic mass is 9.98. The van der Waals surface area contributed by atoms with E-state index in [4.69, 9.17) is 0 Å². The van der Waals surface area contributed by atoms with E-state index in [0.717, 1.165) is 23.3 Å². The lowest BCUT2D eigenvalue weighted by Crippen LogP contribution is -2.44. The Morgan fingerprint density at radius 2 is 1.92 bits per heavy atom. The van der Waals surface area contributed by atoms with Crippen LogP contribution in [0.4, 0.5) is 9.18 Å². The molecule has 1 aromatic carbocycles. The number of carbonyl (C=O) groups excluding carboxylic acids is 3. The van der Waals surface area contributed by atoms with Crippen molar-refractivity contribution < 1.29 is 18.8 Å². The Bertz CT molecular complexity index is 683. The van der Waals surface area contributed by atoms with E-state index in [-0.39, 0.29) is 36.6 Å². The van der Waals surface area contributed by atoms with Crippen molar-refractivity contribution in [3.05, 3.63) is 35.6 Å². The Labute approximate surface area is 145 Å². The Morgan fingerprint density at radius 1 is 1.28 bits per heavy atom. The van der Waals surface area contributed by atoms with E-state index >= 15 is 0 Å². The molecule has 1 aliphatic heterocycles. The smallest absolute Gasteiger partial charge is 0.325 e. The summed E-state index contributed by atoms with van der Waals surface area (Å²) in [4.78, 5) is 37.8. The van der Waals surface area contributed by atoms with Crippen molar-refractivity contribution >= 4 is 17.8 Å². The van der Waals surface area contributed by atoms with Gasteiger partial charge in [0.2, 0.25) is 5.91 Å². The maximum atomic E-state index is 12.9. The first-order valence-electron chi connectivity index (χ1n) is 8.60. The molecule has 3 rings (SSSR count). The molecule has 2 N–H and O–H groups in total. The summed E-state index contributed by atoms with van der Waals surface area (Å²) in [5.41, 5.74) is 0.0456. The van der Waals surface area contributed by atoms with Crippen molar-refractivity contribution in [3.63, 3.8) is 0 Å². The van der Waals surface area contributed by atoms with Gasteiger partial charge in [0.15, 0.2) is 0 Å². The van der Waals surface area contributed by atoms with Gasteiger partial charge in [0.05, 0.1) is 6.04 Å². The van der Waals surface area contributed by atoms with Crippen LogP contribution < -0.4 is 10.6 Å². The highest BCUT2D eigenvalue weighted by molar-refractivity contribution is 6.07. The van der Waals surface area contributed by atoms with Crippen LogP contribution in [0.5, 0.6) is 0 Å². The molecular weight excluding hydrogens is 325 g/mol. The Hall–Kier alpha value is -2.44. The largest absolute Gasteiger partial charge is 0.350 e. The first kappa shape index (κ1) is 17.4. The fourth-order valence-corrected chi connectivity index (χ4v) is 3.56. The summed E-state index contributed by atoms with van der Waals surface area (Å²) in [7, 11) is 0. The lowest BCUT2D eigenvalue weighted by Gasteiger charge is -2.20. The number of nitrogens with zero attached hydrogens (tertiary/aromatic N) is 1. The van der Waals surface area contributed by atoms with Crippen LogP contribution in [0.1, 0.15) is 50.6 Å². The molecule has 1 heterocycles. The Balaban J connectivity index is 1.53. The maximum Gasteiger partial charge on any atom is 0.325 e. The van der Waals surface area contributed by atoms with Crippen LogP contribution in [0.3, 0.4) is 0 Å². The minimum absolute atomic E-state index is 0.0424. The molecule has 1 saturated carbocycles. The normalized spacial score (nSPS) is 20.0. The number of hydrogen-bond donors (Lipinski definition) is 2. The van der Waals surface area contributed by atoms with Gasteiger partial charge >= 0.3 is 6.03 Å². The summed E-state index contributed by atoms with van der Waals surface area (Å²) in [5, 5.41) is 5.59. The number of hydrogen-bond acceptors (Lipinski definition) is 3. The molecule has 6 nitrogen and oxygen atoms in total. The molecule has 2 fully saturated rings. The minimum atomic E-state index is -0.741. The predicted octanol–water partition coefficient (Wildman–Crippen LogP) is 2.26. The number of amides is 4. The molecule has 0 radical (unpaired) electrons. The van der Waals surface area contributed by atoms with Crippen LogP contribution in [-0.2, 0) is 9.59 Å². The highest BCUT2D eigenvalue weighted by Crippen LogP contribution is 2.35. The predicted molar refractivity (Wildman–Crippen MR) is 89.0 cm³/mol. The SMILES string of the molecule is C[C@H](NC(=O)CCN1C(=O)NC2(CCCC2)C1=O)c1ccc(F)cc1. The summed E-state index contributed by atoms with van der Waals surface area (Å²) in [5.74, 6) is -0.805. The molecule has 2 aliphatic rings. The van der Waals surface area contributed by atoms with Crippen molar-refractivity contribution in [3.8, 4) is 0 Å². The molecule has 7 heteroatoms. The van der Waals surface area contributed by atoms with Gasteiger partial charge in [-0.1, -0.05) is 25.0 Å². The fraction of sp³-hybridized carbons (Fsp3) is 0.500.